The van der Waals surface area contributed by atoms with E-state index in [0.29, 0.717) is 6.42 Å². The number of aliphatic hydroxyl groups is 2. The second kappa shape index (κ2) is 15.9. The zero-order chi connectivity index (χ0) is 33.2. The summed E-state index contributed by atoms with van der Waals surface area (Å²) < 4.78 is 0. The topological polar surface area (TPSA) is 74.6 Å². The highest BCUT2D eigenvalue weighted by molar-refractivity contribution is 5.97. The maximum Gasteiger partial charge on any atom is 0.166 e. The summed E-state index contributed by atoms with van der Waals surface area (Å²) in [6.45, 7) is 19.8. The van der Waals surface area contributed by atoms with E-state index in [-0.39, 0.29) is 18.0 Å². The van der Waals surface area contributed by atoms with Gasteiger partial charge in [-0.3, -0.25) is 9.59 Å². The molecule has 2 aliphatic rings. The molecule has 4 heteroatoms. The van der Waals surface area contributed by atoms with E-state index in [1.54, 1.807) is 0 Å². The van der Waals surface area contributed by atoms with Crippen molar-refractivity contribution in [2.45, 2.75) is 94.3 Å². The van der Waals surface area contributed by atoms with Crippen molar-refractivity contribution in [1.29, 1.82) is 0 Å². The number of rotatable bonds is 10. The first-order valence-corrected chi connectivity index (χ1v) is 15.4. The van der Waals surface area contributed by atoms with Crippen LogP contribution in [0.1, 0.15) is 82.1 Å². The summed E-state index contributed by atoms with van der Waals surface area (Å²) in [5, 5.41) is 20.7. The normalized spacial score (nSPS) is 24.5. The van der Waals surface area contributed by atoms with Gasteiger partial charge in [0.2, 0.25) is 0 Å². The summed E-state index contributed by atoms with van der Waals surface area (Å²) in [6.07, 6.45) is 27.2. The van der Waals surface area contributed by atoms with Crippen LogP contribution in [0.4, 0.5) is 0 Å². The molecule has 2 unspecified atom stereocenters. The summed E-state index contributed by atoms with van der Waals surface area (Å²) in [7, 11) is 0. The Hall–Kier alpha value is -3.60. The molecule has 0 aromatic rings. The minimum Gasteiger partial charge on any atom is -0.392 e. The van der Waals surface area contributed by atoms with Crippen molar-refractivity contribution < 1.29 is 19.8 Å². The smallest absolute Gasteiger partial charge is 0.166 e. The fourth-order valence-corrected chi connectivity index (χ4v) is 5.38. The third-order valence-electron chi connectivity index (χ3n) is 8.60. The Labute approximate surface area is 265 Å². The van der Waals surface area contributed by atoms with Gasteiger partial charge in [-0.25, -0.2) is 0 Å². The standard InChI is InChI=1S/C40H52O4/c1-27(15-12-11-13-18-33-31(5)25-36(42)38(44)40(33,9)10)19-20-28(2)16-14-17-29(3)21-22-30(4)23-24-34-32(6)35(41)26-37(43)39(34,7)8/h11-24,37-38,43-44H,25-26H2,1-10H3/b12-11+,17-14+,18-13+,20-19+,24-23-,27-15+,28-16+,29-21+,30-22+. The van der Waals surface area contributed by atoms with Crippen LogP contribution in [0.15, 0.2) is 130 Å². The molecule has 0 aliphatic heterocycles. The van der Waals surface area contributed by atoms with Crippen LogP contribution in [0.2, 0.25) is 0 Å². The van der Waals surface area contributed by atoms with Crippen molar-refractivity contribution in [2.75, 3.05) is 0 Å². The molecule has 2 atom stereocenters. The van der Waals surface area contributed by atoms with Gasteiger partial charge in [0.25, 0.3) is 0 Å². The molecular weight excluding hydrogens is 544 g/mol. The lowest BCUT2D eigenvalue weighted by Crippen LogP contribution is -2.41. The number of aliphatic hydroxyl groups excluding tert-OH is 2. The Morgan fingerprint density at radius 1 is 0.659 bits per heavy atom. The SMILES string of the molecule is CC1=C(/C=C/C=C/C=C(C)/C=C/C(C)=C/C=C/C(C)=C/C=C(C)/C=C\C2=C(C)C(=O)CC(O)C2(C)C)C(C)(C)C(O)C(=O)C1. The summed E-state index contributed by atoms with van der Waals surface area (Å²) in [5.74, 6) is -0.0985. The highest BCUT2D eigenvalue weighted by atomic mass is 16.3. The van der Waals surface area contributed by atoms with Gasteiger partial charge in [-0.2, -0.15) is 0 Å². The number of allylic oxidation sites excluding steroid dienone is 20. The molecule has 44 heavy (non-hydrogen) atoms. The summed E-state index contributed by atoms with van der Waals surface area (Å²) in [4.78, 5) is 24.2. The zero-order valence-corrected chi connectivity index (χ0v) is 28.4. The minimum atomic E-state index is -0.963. The van der Waals surface area contributed by atoms with Crippen LogP contribution in [-0.2, 0) is 9.59 Å². The van der Waals surface area contributed by atoms with Gasteiger partial charge < -0.3 is 10.2 Å². The molecule has 0 spiro atoms. The van der Waals surface area contributed by atoms with Crippen molar-refractivity contribution in [1.82, 2.24) is 0 Å². The Bertz CT molecular complexity index is 1450. The van der Waals surface area contributed by atoms with Crippen LogP contribution in [0.3, 0.4) is 0 Å². The minimum absolute atomic E-state index is 0.0132. The molecule has 2 rings (SSSR count). The fourth-order valence-electron chi connectivity index (χ4n) is 5.38. The van der Waals surface area contributed by atoms with Gasteiger partial charge in [0.05, 0.1) is 6.10 Å². The van der Waals surface area contributed by atoms with Gasteiger partial charge in [0, 0.05) is 23.7 Å². The van der Waals surface area contributed by atoms with Crippen molar-refractivity contribution in [3.05, 3.63) is 130 Å². The lowest BCUT2D eigenvalue weighted by molar-refractivity contribution is -0.131. The van der Waals surface area contributed by atoms with Gasteiger partial charge in [0.1, 0.15) is 6.10 Å². The van der Waals surface area contributed by atoms with E-state index in [2.05, 4.69) is 51.2 Å². The highest BCUT2D eigenvalue weighted by Crippen LogP contribution is 2.40. The van der Waals surface area contributed by atoms with Gasteiger partial charge in [-0.15, -0.1) is 0 Å². The molecule has 0 aromatic heterocycles. The van der Waals surface area contributed by atoms with Crippen LogP contribution in [0.25, 0.3) is 0 Å². The Morgan fingerprint density at radius 2 is 1.20 bits per heavy atom. The van der Waals surface area contributed by atoms with Gasteiger partial charge in [-0.05, 0) is 58.3 Å². The number of hydrogen-bond acceptors (Lipinski definition) is 4. The first-order valence-electron chi connectivity index (χ1n) is 15.4. The average Bonchev–Trinajstić information content (AvgIpc) is 2.94. The predicted molar refractivity (Wildman–Crippen MR) is 185 cm³/mol. The van der Waals surface area contributed by atoms with Crippen molar-refractivity contribution >= 4 is 11.6 Å². The average molecular weight is 597 g/mol. The largest absolute Gasteiger partial charge is 0.392 e. The van der Waals surface area contributed by atoms with Crippen molar-refractivity contribution in [2.24, 2.45) is 10.8 Å². The molecule has 0 fully saturated rings. The summed E-state index contributed by atoms with van der Waals surface area (Å²) in [5.41, 5.74) is 7.04. The van der Waals surface area contributed by atoms with Crippen molar-refractivity contribution in [3.63, 3.8) is 0 Å². The third kappa shape index (κ3) is 9.97. The summed E-state index contributed by atoms with van der Waals surface area (Å²) >= 11 is 0. The molecule has 236 valence electrons. The first kappa shape index (κ1) is 36.6. The van der Waals surface area contributed by atoms with Gasteiger partial charge >= 0.3 is 0 Å². The molecular formula is C40H52O4. The van der Waals surface area contributed by atoms with Crippen molar-refractivity contribution in [3.8, 4) is 0 Å². The second-order valence-electron chi connectivity index (χ2n) is 13.3. The molecule has 0 saturated heterocycles. The fraction of sp³-hybridized carbons (Fsp3) is 0.400. The molecule has 0 saturated carbocycles. The molecule has 0 aromatic carbocycles. The number of carbonyl (C=O) groups is 2. The van der Waals surface area contributed by atoms with E-state index < -0.39 is 23.0 Å². The number of hydrogen-bond donors (Lipinski definition) is 2. The maximum absolute atomic E-state index is 12.2. The monoisotopic (exact) mass is 596 g/mol. The molecule has 2 N–H and O–H groups in total. The molecule has 0 amide bonds. The number of Topliss-reactive ketones (excluding diaryl/α,β-unsaturated/α-hetero) is 2. The van der Waals surface area contributed by atoms with E-state index >= 15 is 0 Å². The lowest BCUT2D eigenvalue weighted by atomic mass is 9.70. The van der Waals surface area contributed by atoms with Crippen LogP contribution in [0.5, 0.6) is 0 Å². The number of ketones is 2. The van der Waals surface area contributed by atoms with Gasteiger partial charge in [0.15, 0.2) is 11.6 Å². The van der Waals surface area contributed by atoms with Crippen LogP contribution < -0.4 is 0 Å². The highest BCUT2D eigenvalue weighted by Gasteiger charge is 2.40. The molecule has 0 heterocycles. The third-order valence-corrected chi connectivity index (χ3v) is 8.60. The van der Waals surface area contributed by atoms with E-state index in [9.17, 15) is 19.8 Å². The first-order chi connectivity index (χ1) is 20.5. The van der Waals surface area contributed by atoms with E-state index in [0.717, 1.165) is 44.6 Å². The Balaban J connectivity index is 1.96. The van der Waals surface area contributed by atoms with E-state index in [1.165, 1.54) is 0 Å². The number of carbonyl (C=O) groups excluding carboxylic acids is 2. The molecule has 0 radical (unpaired) electrons. The lowest BCUT2D eigenvalue weighted by Gasteiger charge is -2.36. The molecule has 0 bridgehead atoms. The maximum atomic E-state index is 12.2. The molecule has 4 nitrogen and oxygen atoms in total. The van der Waals surface area contributed by atoms with Crippen LogP contribution >= 0.6 is 0 Å². The molecule has 2 aliphatic carbocycles. The van der Waals surface area contributed by atoms with Gasteiger partial charge in [-0.1, -0.05) is 141 Å². The van der Waals surface area contributed by atoms with E-state index in [4.69, 9.17) is 0 Å². The Kier molecular flexibility index (Phi) is 13.2. The summed E-state index contributed by atoms with van der Waals surface area (Å²) in [6, 6.07) is 0. The second-order valence-corrected chi connectivity index (χ2v) is 13.3. The van der Waals surface area contributed by atoms with Crippen LogP contribution in [-0.4, -0.2) is 34.0 Å². The zero-order valence-electron chi connectivity index (χ0n) is 28.4. The van der Waals surface area contributed by atoms with Crippen LogP contribution in [0, 0.1) is 10.8 Å². The quantitative estimate of drug-likeness (QED) is 0.247. The predicted octanol–water partition coefficient (Wildman–Crippen LogP) is 8.91. The van der Waals surface area contributed by atoms with E-state index in [1.807, 2.05) is 103 Å². The Morgan fingerprint density at radius 3 is 1.82 bits per heavy atom.